The third kappa shape index (κ3) is 2.23. The summed E-state index contributed by atoms with van der Waals surface area (Å²) in [5.41, 5.74) is 0. The van der Waals surface area contributed by atoms with E-state index < -0.39 is 0 Å². The van der Waals surface area contributed by atoms with Crippen LogP contribution in [-0.2, 0) is 0 Å². The number of rotatable bonds is 0. The second-order valence-corrected chi connectivity index (χ2v) is 2.49. The summed E-state index contributed by atoms with van der Waals surface area (Å²) in [5, 5.41) is 5.45. The second kappa shape index (κ2) is 3.41. The molecule has 1 rings (SSSR count). The fraction of sp³-hybridized carbons (Fsp3) is 0.833. The Morgan fingerprint density at radius 2 is 1.80 bits per heavy atom. The number of urea groups is 1. The van der Waals surface area contributed by atoms with Crippen molar-refractivity contribution in [3.8, 4) is 0 Å². The number of nitrogens with zero attached hydrogens (tertiary/aromatic N) is 1. The molecule has 1 aliphatic heterocycles. The fourth-order valence-electron chi connectivity index (χ4n) is 0.895. The molecular weight excluding hydrogens is 130 g/mol. The first kappa shape index (κ1) is 7.34. The number of hydrogen-bond acceptors (Lipinski definition) is 2. The fourth-order valence-corrected chi connectivity index (χ4v) is 0.895. The molecule has 0 unspecified atom stereocenters. The molecule has 1 aliphatic rings. The van der Waals surface area contributed by atoms with E-state index in [1.54, 1.807) is 0 Å². The molecule has 0 aromatic rings. The van der Waals surface area contributed by atoms with Crippen LogP contribution in [0.2, 0.25) is 0 Å². The van der Waals surface area contributed by atoms with E-state index in [0.29, 0.717) is 0 Å². The zero-order valence-electron chi connectivity index (χ0n) is 6.18. The van der Waals surface area contributed by atoms with E-state index in [2.05, 4.69) is 15.5 Å². The summed E-state index contributed by atoms with van der Waals surface area (Å²) in [6.07, 6.45) is 0. The minimum absolute atomic E-state index is 0.0481. The van der Waals surface area contributed by atoms with Gasteiger partial charge in [0.05, 0.1) is 0 Å². The van der Waals surface area contributed by atoms with Crippen LogP contribution in [0.3, 0.4) is 0 Å². The Morgan fingerprint density at radius 3 is 2.30 bits per heavy atom. The van der Waals surface area contributed by atoms with E-state index >= 15 is 0 Å². The van der Waals surface area contributed by atoms with Gasteiger partial charge in [-0.15, -0.1) is 0 Å². The highest BCUT2D eigenvalue weighted by atomic mass is 16.2. The number of hydrogen-bond donors (Lipinski definition) is 2. The molecule has 0 aromatic heterocycles. The van der Waals surface area contributed by atoms with Crippen molar-refractivity contribution in [2.24, 2.45) is 0 Å². The van der Waals surface area contributed by atoms with Crippen LogP contribution in [0.4, 0.5) is 4.79 Å². The summed E-state index contributed by atoms with van der Waals surface area (Å²) >= 11 is 0. The van der Waals surface area contributed by atoms with Crippen molar-refractivity contribution in [1.82, 2.24) is 15.5 Å². The van der Waals surface area contributed by atoms with Crippen LogP contribution in [-0.4, -0.2) is 44.2 Å². The summed E-state index contributed by atoms with van der Waals surface area (Å²) in [6.45, 7) is 3.35. The van der Waals surface area contributed by atoms with Crippen LogP contribution in [0.1, 0.15) is 0 Å². The standard InChI is InChI=1S/C6H13N3O/c1-9-4-2-7-6(10)8-3-5-9/h2-5H2,1H3,(H2,7,8,10). The first-order valence-electron chi connectivity index (χ1n) is 3.49. The van der Waals surface area contributed by atoms with E-state index in [9.17, 15) is 4.79 Å². The van der Waals surface area contributed by atoms with Gasteiger partial charge in [-0.25, -0.2) is 4.79 Å². The molecule has 0 radical (unpaired) electrons. The number of likely N-dealkylation sites (N-methyl/N-ethyl adjacent to an activating group) is 1. The molecule has 2 N–H and O–H groups in total. The molecule has 4 heteroatoms. The molecular formula is C6H13N3O. The van der Waals surface area contributed by atoms with E-state index in [1.807, 2.05) is 7.05 Å². The quantitative estimate of drug-likeness (QED) is 0.468. The maximum atomic E-state index is 10.7. The van der Waals surface area contributed by atoms with Crippen molar-refractivity contribution >= 4 is 6.03 Å². The molecule has 4 nitrogen and oxygen atoms in total. The second-order valence-electron chi connectivity index (χ2n) is 2.49. The van der Waals surface area contributed by atoms with Gasteiger partial charge >= 0.3 is 6.03 Å². The lowest BCUT2D eigenvalue weighted by Crippen LogP contribution is -2.46. The average Bonchev–Trinajstić information content (AvgIpc) is 1.84. The van der Waals surface area contributed by atoms with Gasteiger partial charge in [0.25, 0.3) is 0 Å². The molecule has 1 heterocycles. The normalized spacial score (nSPS) is 22.3. The Morgan fingerprint density at radius 1 is 1.30 bits per heavy atom. The summed E-state index contributed by atoms with van der Waals surface area (Å²) in [7, 11) is 2.04. The van der Waals surface area contributed by atoms with Crippen molar-refractivity contribution in [2.45, 2.75) is 0 Å². The molecule has 1 fully saturated rings. The third-order valence-electron chi connectivity index (χ3n) is 1.56. The van der Waals surface area contributed by atoms with Crippen LogP contribution in [0.25, 0.3) is 0 Å². The van der Waals surface area contributed by atoms with Crippen molar-refractivity contribution < 1.29 is 4.79 Å². The summed E-state index contributed by atoms with van der Waals surface area (Å²) < 4.78 is 0. The van der Waals surface area contributed by atoms with Gasteiger partial charge in [0.15, 0.2) is 0 Å². The molecule has 10 heavy (non-hydrogen) atoms. The summed E-state index contributed by atoms with van der Waals surface area (Å²) in [6, 6.07) is -0.0481. The van der Waals surface area contributed by atoms with Crippen molar-refractivity contribution in [3.05, 3.63) is 0 Å². The Balaban J connectivity index is 2.27. The zero-order valence-corrected chi connectivity index (χ0v) is 6.18. The van der Waals surface area contributed by atoms with Gasteiger partial charge in [0.1, 0.15) is 0 Å². The van der Waals surface area contributed by atoms with E-state index in [1.165, 1.54) is 0 Å². The monoisotopic (exact) mass is 143 g/mol. The Bertz CT molecular complexity index is 114. The van der Waals surface area contributed by atoms with Gasteiger partial charge in [-0.1, -0.05) is 0 Å². The first-order valence-corrected chi connectivity index (χ1v) is 3.49. The highest BCUT2D eigenvalue weighted by molar-refractivity contribution is 5.73. The highest BCUT2D eigenvalue weighted by Crippen LogP contribution is 1.82. The average molecular weight is 143 g/mol. The van der Waals surface area contributed by atoms with Crippen molar-refractivity contribution in [3.63, 3.8) is 0 Å². The molecule has 0 bridgehead atoms. The number of carbonyl (C=O) groups is 1. The number of nitrogens with one attached hydrogen (secondary N) is 2. The van der Waals surface area contributed by atoms with Crippen LogP contribution in [0.15, 0.2) is 0 Å². The van der Waals surface area contributed by atoms with Gasteiger partial charge < -0.3 is 15.5 Å². The number of carbonyl (C=O) groups excluding carboxylic acids is 1. The lowest BCUT2D eigenvalue weighted by Gasteiger charge is -2.20. The largest absolute Gasteiger partial charge is 0.337 e. The molecule has 0 spiro atoms. The highest BCUT2D eigenvalue weighted by Gasteiger charge is 2.05. The van der Waals surface area contributed by atoms with Gasteiger partial charge in [-0.05, 0) is 7.05 Å². The lowest BCUT2D eigenvalue weighted by molar-refractivity contribution is 0.230. The maximum Gasteiger partial charge on any atom is 0.314 e. The Kier molecular flexibility index (Phi) is 2.50. The first-order chi connectivity index (χ1) is 4.79. The van der Waals surface area contributed by atoms with Crippen molar-refractivity contribution in [2.75, 3.05) is 33.2 Å². The van der Waals surface area contributed by atoms with Gasteiger partial charge in [-0.2, -0.15) is 0 Å². The summed E-state index contributed by atoms with van der Waals surface area (Å²) in [5.74, 6) is 0. The summed E-state index contributed by atoms with van der Waals surface area (Å²) in [4.78, 5) is 12.9. The van der Waals surface area contributed by atoms with Gasteiger partial charge in [-0.3, -0.25) is 0 Å². The SMILES string of the molecule is CN1CCNC(=O)NCC1. The predicted octanol–water partition coefficient (Wildman–Crippen LogP) is -0.769. The molecule has 58 valence electrons. The lowest BCUT2D eigenvalue weighted by atomic mass is 10.4. The van der Waals surface area contributed by atoms with Crippen LogP contribution in [0.5, 0.6) is 0 Å². The van der Waals surface area contributed by atoms with E-state index in [4.69, 9.17) is 0 Å². The number of amides is 2. The van der Waals surface area contributed by atoms with E-state index in [0.717, 1.165) is 26.2 Å². The van der Waals surface area contributed by atoms with Gasteiger partial charge in [0, 0.05) is 26.2 Å². The smallest absolute Gasteiger partial charge is 0.314 e. The topological polar surface area (TPSA) is 44.4 Å². The van der Waals surface area contributed by atoms with Crippen LogP contribution >= 0.6 is 0 Å². The van der Waals surface area contributed by atoms with Crippen molar-refractivity contribution in [1.29, 1.82) is 0 Å². The third-order valence-corrected chi connectivity index (χ3v) is 1.56. The molecule has 2 amide bonds. The van der Waals surface area contributed by atoms with Crippen LogP contribution < -0.4 is 10.6 Å². The minimum atomic E-state index is -0.0481. The minimum Gasteiger partial charge on any atom is -0.337 e. The predicted molar refractivity (Wildman–Crippen MR) is 38.9 cm³/mol. The Labute approximate surface area is 60.6 Å². The van der Waals surface area contributed by atoms with E-state index in [-0.39, 0.29) is 6.03 Å². The molecule has 1 saturated heterocycles. The molecule has 0 saturated carbocycles. The zero-order chi connectivity index (χ0) is 7.40. The molecule has 0 atom stereocenters. The molecule has 0 aliphatic carbocycles. The Hall–Kier alpha value is -0.770. The van der Waals surface area contributed by atoms with Gasteiger partial charge in [0.2, 0.25) is 0 Å². The van der Waals surface area contributed by atoms with Crippen LogP contribution in [0, 0.1) is 0 Å². The molecule has 0 aromatic carbocycles. The maximum absolute atomic E-state index is 10.7.